The molecule has 0 bridgehead atoms. The van der Waals surface area contributed by atoms with Crippen molar-refractivity contribution in [1.29, 1.82) is 0 Å². The fraction of sp³-hybridized carbons (Fsp3) is 0.375. The average Bonchev–Trinajstić information content (AvgIpc) is 3.28. The fourth-order valence-corrected chi connectivity index (χ4v) is 3.90. The van der Waals surface area contributed by atoms with Crippen molar-refractivity contribution in [1.82, 2.24) is 14.5 Å². The Morgan fingerprint density at radius 3 is 2.52 bits per heavy atom. The lowest BCUT2D eigenvalue weighted by atomic mass is 10.2. The van der Waals surface area contributed by atoms with Crippen molar-refractivity contribution in [2.75, 3.05) is 65.1 Å². The molecule has 0 N–H and O–H groups in total. The Kier molecular flexibility index (Phi) is 7.21. The number of carbonyl (C=O) groups excluding carboxylic acids is 2. The van der Waals surface area contributed by atoms with Crippen molar-refractivity contribution in [2.24, 2.45) is 0 Å². The first kappa shape index (κ1) is 22.8. The average molecular weight is 453 g/mol. The second kappa shape index (κ2) is 10.5. The van der Waals surface area contributed by atoms with E-state index in [1.165, 1.54) is 7.11 Å². The maximum absolute atomic E-state index is 12.2. The largest absolute Gasteiger partial charge is 0.468 e. The number of fused-ring (bicyclic) bond motifs is 1. The summed E-state index contributed by atoms with van der Waals surface area (Å²) in [5.74, 6) is -0.597. The summed E-state index contributed by atoms with van der Waals surface area (Å²) in [6, 6.07) is 13.7. The molecule has 1 saturated heterocycles. The van der Waals surface area contributed by atoms with Crippen LogP contribution in [0.3, 0.4) is 0 Å². The van der Waals surface area contributed by atoms with E-state index in [4.69, 9.17) is 14.2 Å². The molecule has 0 radical (unpaired) electrons. The highest BCUT2D eigenvalue weighted by Gasteiger charge is 2.20. The molecule has 9 nitrogen and oxygen atoms in total. The number of ether oxygens (including phenoxy) is 3. The third-order valence-electron chi connectivity index (χ3n) is 5.73. The van der Waals surface area contributed by atoms with Crippen molar-refractivity contribution in [3.63, 3.8) is 0 Å². The Labute approximate surface area is 192 Å². The Hall–Kier alpha value is -3.43. The van der Waals surface area contributed by atoms with Gasteiger partial charge < -0.3 is 19.1 Å². The van der Waals surface area contributed by atoms with E-state index in [1.54, 1.807) is 25.6 Å². The molecule has 0 saturated carbocycles. The van der Waals surface area contributed by atoms with E-state index in [2.05, 4.69) is 26.9 Å². The van der Waals surface area contributed by atoms with Crippen molar-refractivity contribution in [2.45, 2.75) is 0 Å². The molecule has 1 aliphatic heterocycles. The molecule has 174 valence electrons. The quantitative estimate of drug-likeness (QED) is 0.380. The second-order valence-electron chi connectivity index (χ2n) is 7.81. The first-order valence-electron chi connectivity index (χ1n) is 10.9. The molecule has 2 heterocycles. The number of rotatable bonds is 8. The first-order chi connectivity index (χ1) is 16.1. The summed E-state index contributed by atoms with van der Waals surface area (Å²) in [6.07, 6.45) is 1.76. The van der Waals surface area contributed by atoms with Crippen LogP contribution in [0.1, 0.15) is 10.4 Å². The number of aromatic nitrogens is 2. The van der Waals surface area contributed by atoms with Crippen LogP contribution in [-0.4, -0.2) is 86.5 Å². The number of anilines is 1. The summed E-state index contributed by atoms with van der Waals surface area (Å²) in [7, 11) is 2.98. The van der Waals surface area contributed by atoms with E-state index in [-0.39, 0.29) is 12.6 Å². The third kappa shape index (κ3) is 5.32. The summed E-state index contributed by atoms with van der Waals surface area (Å²) in [6.45, 7) is 4.17. The lowest BCUT2D eigenvalue weighted by Gasteiger charge is -2.35. The van der Waals surface area contributed by atoms with Crippen molar-refractivity contribution >= 4 is 28.7 Å². The molecule has 1 aromatic heterocycles. The van der Waals surface area contributed by atoms with E-state index in [1.807, 2.05) is 22.8 Å². The maximum Gasteiger partial charge on any atom is 0.338 e. The standard InChI is InChI=1S/C24H28N4O5/c1-31-12-13-33-24(30)18-6-7-22-21(14-18)25-17-28(22)20-5-3-4-19(15-20)27-10-8-26(9-11-27)16-23(29)32-2/h3-7,14-15,17H,8-13,16H2,1-2H3. The van der Waals surface area contributed by atoms with Gasteiger partial charge in [0.1, 0.15) is 12.9 Å². The summed E-state index contributed by atoms with van der Waals surface area (Å²) in [4.78, 5) is 32.6. The van der Waals surface area contributed by atoms with Gasteiger partial charge in [0.05, 0.1) is 36.9 Å². The van der Waals surface area contributed by atoms with Crippen LogP contribution in [0.15, 0.2) is 48.8 Å². The Morgan fingerprint density at radius 1 is 0.970 bits per heavy atom. The molecule has 0 atom stereocenters. The molecule has 0 amide bonds. The first-order valence-corrected chi connectivity index (χ1v) is 10.9. The summed E-state index contributed by atoms with van der Waals surface area (Å²) >= 11 is 0. The molecular weight excluding hydrogens is 424 g/mol. The number of nitrogens with zero attached hydrogens (tertiary/aromatic N) is 4. The molecule has 0 spiro atoms. The lowest BCUT2D eigenvalue weighted by Crippen LogP contribution is -2.48. The van der Waals surface area contributed by atoms with E-state index in [0.29, 0.717) is 18.7 Å². The molecule has 1 aliphatic rings. The molecule has 4 rings (SSSR count). The summed E-state index contributed by atoms with van der Waals surface area (Å²) in [5.41, 5.74) is 4.19. The van der Waals surface area contributed by atoms with E-state index in [9.17, 15) is 9.59 Å². The van der Waals surface area contributed by atoms with Crippen LogP contribution in [0.4, 0.5) is 5.69 Å². The topological polar surface area (TPSA) is 86.1 Å². The summed E-state index contributed by atoms with van der Waals surface area (Å²) < 4.78 is 16.9. The Bertz CT molecular complexity index is 1120. The van der Waals surface area contributed by atoms with Gasteiger partial charge in [0.25, 0.3) is 0 Å². The molecule has 1 fully saturated rings. The number of benzene rings is 2. The number of methoxy groups -OCH3 is 2. The SMILES string of the molecule is COCCOC(=O)c1ccc2c(c1)ncn2-c1cccc(N2CCN(CC(=O)OC)CC2)c1. The van der Waals surface area contributed by atoms with Gasteiger partial charge in [0.15, 0.2) is 0 Å². The highest BCUT2D eigenvalue weighted by molar-refractivity contribution is 5.94. The monoisotopic (exact) mass is 452 g/mol. The second-order valence-corrected chi connectivity index (χ2v) is 7.81. The number of hydrogen-bond acceptors (Lipinski definition) is 8. The number of piperazine rings is 1. The van der Waals surface area contributed by atoms with Crippen LogP contribution in [0.5, 0.6) is 0 Å². The highest BCUT2D eigenvalue weighted by Crippen LogP contribution is 2.24. The zero-order chi connectivity index (χ0) is 23.2. The number of imidazole rings is 1. The van der Waals surface area contributed by atoms with E-state index >= 15 is 0 Å². The minimum Gasteiger partial charge on any atom is -0.468 e. The van der Waals surface area contributed by atoms with Crippen LogP contribution < -0.4 is 4.90 Å². The molecule has 0 aliphatic carbocycles. The number of carbonyl (C=O) groups is 2. The van der Waals surface area contributed by atoms with Gasteiger partial charge in [-0.15, -0.1) is 0 Å². The Morgan fingerprint density at radius 2 is 1.76 bits per heavy atom. The zero-order valence-electron chi connectivity index (χ0n) is 18.9. The molecule has 0 unspecified atom stereocenters. The molecular formula is C24H28N4O5. The third-order valence-corrected chi connectivity index (χ3v) is 5.73. The van der Waals surface area contributed by atoms with Crippen molar-refractivity contribution in [3.8, 4) is 5.69 Å². The fourth-order valence-electron chi connectivity index (χ4n) is 3.90. The van der Waals surface area contributed by atoms with Crippen LogP contribution in [0.25, 0.3) is 16.7 Å². The van der Waals surface area contributed by atoms with Gasteiger partial charge in [-0.1, -0.05) is 6.07 Å². The van der Waals surface area contributed by atoms with E-state index < -0.39 is 5.97 Å². The number of hydrogen-bond donors (Lipinski definition) is 0. The summed E-state index contributed by atoms with van der Waals surface area (Å²) in [5, 5.41) is 0. The van der Waals surface area contributed by atoms with Crippen LogP contribution in [-0.2, 0) is 19.0 Å². The van der Waals surface area contributed by atoms with Gasteiger partial charge in [-0.25, -0.2) is 9.78 Å². The van der Waals surface area contributed by atoms with Crippen molar-refractivity contribution in [3.05, 3.63) is 54.4 Å². The predicted octanol–water partition coefficient (Wildman–Crippen LogP) is 2.12. The van der Waals surface area contributed by atoms with Gasteiger partial charge in [-0.3, -0.25) is 14.3 Å². The molecule has 2 aromatic carbocycles. The zero-order valence-corrected chi connectivity index (χ0v) is 18.9. The van der Waals surface area contributed by atoms with Gasteiger partial charge >= 0.3 is 11.9 Å². The van der Waals surface area contributed by atoms with Gasteiger partial charge in [0, 0.05) is 44.7 Å². The van der Waals surface area contributed by atoms with Gasteiger partial charge in [-0.2, -0.15) is 0 Å². The number of esters is 2. The lowest BCUT2D eigenvalue weighted by molar-refractivity contribution is -0.142. The minimum absolute atomic E-state index is 0.205. The predicted molar refractivity (Wildman–Crippen MR) is 124 cm³/mol. The van der Waals surface area contributed by atoms with Crippen LogP contribution in [0.2, 0.25) is 0 Å². The van der Waals surface area contributed by atoms with Gasteiger partial charge in [-0.05, 0) is 36.4 Å². The van der Waals surface area contributed by atoms with E-state index in [0.717, 1.165) is 48.6 Å². The molecule has 33 heavy (non-hydrogen) atoms. The van der Waals surface area contributed by atoms with Crippen LogP contribution in [0, 0.1) is 0 Å². The minimum atomic E-state index is -0.392. The normalized spacial score (nSPS) is 14.4. The van der Waals surface area contributed by atoms with Crippen molar-refractivity contribution < 1.29 is 23.8 Å². The van der Waals surface area contributed by atoms with Crippen LogP contribution >= 0.6 is 0 Å². The highest BCUT2D eigenvalue weighted by atomic mass is 16.6. The molecule has 9 heteroatoms. The smallest absolute Gasteiger partial charge is 0.338 e. The Balaban J connectivity index is 1.48. The van der Waals surface area contributed by atoms with Gasteiger partial charge in [0.2, 0.25) is 0 Å². The maximum atomic E-state index is 12.2. The molecule has 3 aromatic rings.